The highest BCUT2D eigenvalue weighted by Crippen LogP contribution is 2.62. The second-order valence-electron chi connectivity index (χ2n) is 8.91. The quantitative estimate of drug-likeness (QED) is 0.811. The van der Waals surface area contributed by atoms with Gasteiger partial charge < -0.3 is 15.7 Å². The number of carbonyl (C=O) groups is 1. The Morgan fingerprint density at radius 1 is 1.18 bits per heavy atom. The molecule has 5 saturated carbocycles. The molecule has 22 heavy (non-hydrogen) atoms. The first-order valence-electron chi connectivity index (χ1n) is 8.77. The van der Waals surface area contributed by atoms with Gasteiger partial charge in [0.05, 0.1) is 11.6 Å². The number of piperidine rings is 1. The lowest BCUT2D eigenvalue weighted by Crippen LogP contribution is -2.64. The average molecular weight is 327 g/mol. The van der Waals surface area contributed by atoms with Crippen molar-refractivity contribution in [3.05, 3.63) is 0 Å². The third-order valence-electron chi connectivity index (χ3n) is 7.31. The van der Waals surface area contributed by atoms with Gasteiger partial charge in [-0.05, 0) is 74.5 Å². The molecule has 1 aliphatic heterocycles. The number of nitrogens with zero attached hydrogens (tertiary/aromatic N) is 1. The number of hydrogen-bond donors (Lipinski definition) is 2. The summed E-state index contributed by atoms with van der Waals surface area (Å²) in [6.45, 7) is 0.912. The largest absolute Gasteiger partial charge is 0.390 e. The fourth-order valence-electron chi connectivity index (χ4n) is 6.76. The summed E-state index contributed by atoms with van der Waals surface area (Å²) in [4.78, 5) is 15.0. The number of nitrogens with two attached hydrogens (primary N) is 1. The molecular formula is C17H27ClN2O2. The van der Waals surface area contributed by atoms with Crippen molar-refractivity contribution in [1.82, 2.24) is 4.90 Å². The Hall–Kier alpha value is -0.320. The summed E-state index contributed by atoms with van der Waals surface area (Å²) >= 11 is 0. The molecule has 2 unspecified atom stereocenters. The fourth-order valence-corrected chi connectivity index (χ4v) is 6.76. The SMILES string of the molecule is Cl.N[C@H](C(=O)N1CC[C@@H]2C[C@@H]21)C12CC3CC(CC(O)(C3)C1)C2. The van der Waals surface area contributed by atoms with Crippen LogP contribution in [0.4, 0.5) is 0 Å². The van der Waals surface area contributed by atoms with Gasteiger partial charge in [0.1, 0.15) is 0 Å². The van der Waals surface area contributed by atoms with E-state index in [1.165, 1.54) is 19.3 Å². The van der Waals surface area contributed by atoms with Crippen LogP contribution in [0.1, 0.15) is 51.4 Å². The number of fused-ring (bicyclic) bond motifs is 1. The molecule has 0 spiro atoms. The number of aliphatic hydroxyl groups is 1. The van der Waals surface area contributed by atoms with Gasteiger partial charge in [-0.15, -0.1) is 12.4 Å². The Morgan fingerprint density at radius 2 is 1.86 bits per heavy atom. The van der Waals surface area contributed by atoms with Crippen LogP contribution in [0.5, 0.6) is 0 Å². The molecule has 0 radical (unpaired) electrons. The van der Waals surface area contributed by atoms with E-state index in [9.17, 15) is 9.90 Å². The van der Waals surface area contributed by atoms with E-state index in [0.717, 1.165) is 44.6 Å². The van der Waals surface area contributed by atoms with Crippen LogP contribution in [0.3, 0.4) is 0 Å². The van der Waals surface area contributed by atoms with Crippen LogP contribution in [0.15, 0.2) is 0 Å². The molecule has 6 aliphatic rings. The van der Waals surface area contributed by atoms with Crippen molar-refractivity contribution >= 4 is 18.3 Å². The number of likely N-dealkylation sites (tertiary alicyclic amines) is 1. The standard InChI is InChI=1S/C17H26N2O2.ClH/c18-14(15(20)19-2-1-12-4-13(12)19)16-5-10-3-11(6-16)8-17(21,7-10)9-16;/h10-14,21H,1-9,18H2;1H/t10?,11?,12-,13+,14-,16?,17?;/m1./s1. The van der Waals surface area contributed by atoms with Gasteiger partial charge in [-0.3, -0.25) is 4.79 Å². The maximum atomic E-state index is 12.9. The molecule has 1 saturated heterocycles. The van der Waals surface area contributed by atoms with Crippen LogP contribution in [-0.2, 0) is 4.79 Å². The van der Waals surface area contributed by atoms with Gasteiger partial charge in [-0.1, -0.05) is 0 Å². The Bertz CT molecular complexity index is 497. The lowest BCUT2D eigenvalue weighted by Gasteiger charge is -2.61. The predicted molar refractivity (Wildman–Crippen MR) is 85.5 cm³/mol. The minimum Gasteiger partial charge on any atom is -0.390 e. The van der Waals surface area contributed by atoms with E-state index in [-0.39, 0.29) is 29.8 Å². The first-order valence-corrected chi connectivity index (χ1v) is 8.77. The Kier molecular flexibility index (Phi) is 3.19. The minimum absolute atomic E-state index is 0. The van der Waals surface area contributed by atoms with Crippen LogP contribution >= 0.6 is 12.4 Å². The highest BCUT2D eigenvalue weighted by molar-refractivity contribution is 5.85. The average Bonchev–Trinajstić information content (AvgIpc) is 3.05. The number of rotatable bonds is 2. The van der Waals surface area contributed by atoms with Crippen molar-refractivity contribution in [2.24, 2.45) is 28.9 Å². The summed E-state index contributed by atoms with van der Waals surface area (Å²) < 4.78 is 0. The molecule has 0 aromatic carbocycles. The monoisotopic (exact) mass is 326 g/mol. The predicted octanol–water partition coefficient (Wildman–Crippen LogP) is 1.69. The molecule has 0 aromatic rings. The molecule has 6 fully saturated rings. The molecule has 124 valence electrons. The van der Waals surface area contributed by atoms with E-state index in [2.05, 4.69) is 4.90 Å². The zero-order valence-corrected chi connectivity index (χ0v) is 13.9. The lowest BCUT2D eigenvalue weighted by molar-refractivity contribution is -0.177. The number of carbonyl (C=O) groups excluding carboxylic acids is 1. The minimum atomic E-state index is -0.519. The van der Waals surface area contributed by atoms with Crippen LogP contribution in [0.2, 0.25) is 0 Å². The molecule has 5 heteroatoms. The number of amides is 1. The van der Waals surface area contributed by atoms with Crippen molar-refractivity contribution in [2.75, 3.05) is 6.54 Å². The summed E-state index contributed by atoms with van der Waals surface area (Å²) in [5.41, 5.74) is 5.91. The van der Waals surface area contributed by atoms with Gasteiger partial charge >= 0.3 is 0 Å². The maximum Gasteiger partial charge on any atom is 0.240 e. The Labute approximate surface area is 138 Å². The van der Waals surface area contributed by atoms with Crippen molar-refractivity contribution in [2.45, 2.75) is 69.1 Å². The summed E-state index contributed by atoms with van der Waals surface area (Å²) in [6.07, 6.45) is 8.41. The highest BCUT2D eigenvalue weighted by Gasteiger charge is 2.61. The van der Waals surface area contributed by atoms with Gasteiger partial charge in [-0.25, -0.2) is 0 Å². The third-order valence-corrected chi connectivity index (χ3v) is 7.31. The number of hydrogen-bond acceptors (Lipinski definition) is 3. The molecule has 4 nitrogen and oxygen atoms in total. The van der Waals surface area contributed by atoms with Gasteiger partial charge in [0.25, 0.3) is 0 Å². The summed E-state index contributed by atoms with van der Waals surface area (Å²) in [5, 5.41) is 10.8. The second-order valence-corrected chi connectivity index (χ2v) is 8.91. The van der Waals surface area contributed by atoms with Gasteiger partial charge in [0, 0.05) is 12.6 Å². The topological polar surface area (TPSA) is 66.6 Å². The summed E-state index contributed by atoms with van der Waals surface area (Å²) in [5.74, 6) is 2.15. The Morgan fingerprint density at radius 3 is 2.36 bits per heavy atom. The second kappa shape index (κ2) is 4.61. The van der Waals surface area contributed by atoms with Crippen molar-refractivity contribution in [3.8, 4) is 0 Å². The first kappa shape index (κ1) is 15.2. The smallest absolute Gasteiger partial charge is 0.240 e. The molecule has 1 amide bonds. The van der Waals surface area contributed by atoms with Crippen LogP contribution in [-0.4, -0.2) is 40.1 Å². The van der Waals surface area contributed by atoms with Gasteiger partial charge in [-0.2, -0.15) is 0 Å². The zero-order valence-electron chi connectivity index (χ0n) is 13.0. The number of halogens is 1. The van der Waals surface area contributed by atoms with Gasteiger partial charge in [0.15, 0.2) is 0 Å². The molecular weight excluding hydrogens is 300 g/mol. The van der Waals surface area contributed by atoms with E-state index in [4.69, 9.17) is 5.73 Å². The van der Waals surface area contributed by atoms with Crippen LogP contribution in [0.25, 0.3) is 0 Å². The van der Waals surface area contributed by atoms with E-state index in [1.807, 2.05) is 0 Å². The van der Waals surface area contributed by atoms with Crippen molar-refractivity contribution < 1.29 is 9.90 Å². The molecule has 5 atom stereocenters. The summed E-state index contributed by atoms with van der Waals surface area (Å²) in [7, 11) is 0. The van der Waals surface area contributed by atoms with E-state index < -0.39 is 5.60 Å². The normalized spacial score (nSPS) is 52.2. The maximum absolute atomic E-state index is 12.9. The Balaban J connectivity index is 0.00000125. The van der Waals surface area contributed by atoms with Gasteiger partial charge in [0.2, 0.25) is 5.91 Å². The third kappa shape index (κ3) is 1.99. The first-order chi connectivity index (χ1) is 9.98. The highest BCUT2D eigenvalue weighted by atomic mass is 35.5. The van der Waals surface area contributed by atoms with Crippen LogP contribution < -0.4 is 5.73 Å². The summed E-state index contributed by atoms with van der Waals surface area (Å²) in [6, 6.07) is 0.120. The fraction of sp³-hybridized carbons (Fsp3) is 0.941. The lowest BCUT2D eigenvalue weighted by atomic mass is 9.46. The molecule has 0 aromatic heterocycles. The van der Waals surface area contributed by atoms with Crippen LogP contribution in [0, 0.1) is 23.2 Å². The molecule has 6 rings (SSSR count). The van der Waals surface area contributed by atoms with E-state index >= 15 is 0 Å². The molecule has 5 aliphatic carbocycles. The van der Waals surface area contributed by atoms with E-state index in [1.54, 1.807) is 0 Å². The van der Waals surface area contributed by atoms with E-state index in [0.29, 0.717) is 17.9 Å². The molecule has 4 bridgehead atoms. The zero-order chi connectivity index (χ0) is 14.4. The van der Waals surface area contributed by atoms with Crippen molar-refractivity contribution in [3.63, 3.8) is 0 Å². The molecule has 3 N–H and O–H groups in total. The molecule has 1 heterocycles. The van der Waals surface area contributed by atoms with Crippen molar-refractivity contribution in [1.29, 1.82) is 0 Å².